The van der Waals surface area contributed by atoms with Crippen molar-refractivity contribution < 1.29 is 58.1 Å². The van der Waals surface area contributed by atoms with Crippen LogP contribution in [0.4, 0.5) is 0 Å². The Hall–Kier alpha value is -3.67. The van der Waals surface area contributed by atoms with Crippen molar-refractivity contribution in [1.82, 2.24) is 15.5 Å². The number of hydrogen-bond acceptors (Lipinski definition) is 14. The molecule has 3 saturated heterocycles. The summed E-state index contributed by atoms with van der Waals surface area (Å²) >= 11 is 0. The second kappa shape index (κ2) is 12.9. The zero-order chi connectivity index (χ0) is 34.8. The molecule has 7 rings (SSSR count). The molecule has 264 valence electrons. The van der Waals surface area contributed by atoms with Crippen molar-refractivity contribution in [2.24, 2.45) is 0 Å². The van der Waals surface area contributed by atoms with Gasteiger partial charge in [-0.1, -0.05) is 12.1 Å². The number of hydrogen-bond donors (Lipinski definition) is 5. The van der Waals surface area contributed by atoms with Crippen LogP contribution in [-0.2, 0) is 34.9 Å². The van der Waals surface area contributed by atoms with E-state index in [4.69, 9.17) is 28.4 Å². The molecule has 49 heavy (non-hydrogen) atoms. The lowest BCUT2D eigenvalue weighted by Gasteiger charge is -2.43. The van der Waals surface area contributed by atoms with Crippen molar-refractivity contribution in [2.75, 3.05) is 47.5 Å². The van der Waals surface area contributed by atoms with Crippen LogP contribution in [0.5, 0.6) is 17.2 Å². The highest BCUT2D eigenvalue weighted by molar-refractivity contribution is 6.31. The van der Waals surface area contributed by atoms with Gasteiger partial charge in [-0.05, 0) is 20.0 Å². The molecular formula is C34H41N3O12. The monoisotopic (exact) mass is 683 g/mol. The summed E-state index contributed by atoms with van der Waals surface area (Å²) < 4.78 is 35.7. The van der Waals surface area contributed by atoms with Crippen LogP contribution >= 0.6 is 0 Å². The molecule has 2 aromatic carbocycles. The fraction of sp³-hybridized carbons (Fsp3) is 0.559. The van der Waals surface area contributed by atoms with Crippen LogP contribution in [0, 0.1) is 0 Å². The molecule has 5 N–H and O–H groups in total. The summed E-state index contributed by atoms with van der Waals surface area (Å²) in [5.41, 5.74) is -3.07. The van der Waals surface area contributed by atoms with E-state index in [1.165, 1.54) is 19.2 Å². The first-order valence-corrected chi connectivity index (χ1v) is 16.4. The van der Waals surface area contributed by atoms with E-state index >= 15 is 0 Å². The van der Waals surface area contributed by atoms with Crippen LogP contribution in [0.3, 0.4) is 0 Å². The predicted octanol–water partition coefficient (Wildman–Crippen LogP) is 0.486. The number of phenolic OH excluding ortho intramolecular Hbond substituents is 2. The Kier molecular flexibility index (Phi) is 8.90. The molecule has 15 heteroatoms. The summed E-state index contributed by atoms with van der Waals surface area (Å²) in [6.07, 6.45) is -4.44. The van der Waals surface area contributed by atoms with Crippen molar-refractivity contribution in [2.45, 2.75) is 74.9 Å². The lowest BCUT2D eigenvalue weighted by Crippen LogP contribution is -2.55. The van der Waals surface area contributed by atoms with Crippen LogP contribution < -0.4 is 15.4 Å². The van der Waals surface area contributed by atoms with E-state index in [1.807, 2.05) is 6.92 Å². The average Bonchev–Trinajstić information content (AvgIpc) is 3.47. The third-order valence-electron chi connectivity index (χ3n) is 10.3. The molecule has 3 aliphatic heterocycles. The van der Waals surface area contributed by atoms with Crippen molar-refractivity contribution in [3.8, 4) is 17.2 Å². The summed E-state index contributed by atoms with van der Waals surface area (Å²) in [5, 5.41) is 41.1. The van der Waals surface area contributed by atoms with E-state index in [1.54, 1.807) is 20.2 Å². The Bertz CT molecular complexity index is 1680. The molecule has 0 saturated carbocycles. The van der Waals surface area contributed by atoms with Gasteiger partial charge >= 0.3 is 0 Å². The van der Waals surface area contributed by atoms with Gasteiger partial charge in [0.05, 0.1) is 42.6 Å². The lowest BCUT2D eigenvalue weighted by molar-refractivity contribution is -0.256. The molecule has 8 atom stereocenters. The molecular weight excluding hydrogens is 642 g/mol. The van der Waals surface area contributed by atoms with E-state index < -0.39 is 83.1 Å². The van der Waals surface area contributed by atoms with Gasteiger partial charge in [0, 0.05) is 68.7 Å². The molecule has 0 radical (unpaired) electrons. The summed E-state index contributed by atoms with van der Waals surface area (Å²) in [6, 6.07) is 4.35. The second-order valence-corrected chi connectivity index (χ2v) is 13.1. The first-order chi connectivity index (χ1) is 23.5. The third-order valence-corrected chi connectivity index (χ3v) is 10.3. The number of carbonyl (C=O) groups excluding carboxylic acids is 3. The number of ketones is 2. The van der Waals surface area contributed by atoms with Gasteiger partial charge in [0.1, 0.15) is 29.0 Å². The quantitative estimate of drug-likeness (QED) is 0.163. The number of phenols is 2. The molecule has 2 aliphatic carbocycles. The van der Waals surface area contributed by atoms with Crippen LogP contribution in [0.2, 0.25) is 0 Å². The number of benzene rings is 2. The Balaban J connectivity index is 1.29. The average molecular weight is 684 g/mol. The molecule has 6 unspecified atom stereocenters. The number of fused-ring (bicyclic) bond motifs is 6. The summed E-state index contributed by atoms with van der Waals surface area (Å²) in [5.74, 6) is -3.22. The van der Waals surface area contributed by atoms with Gasteiger partial charge in [0.2, 0.25) is 5.78 Å². The number of amides is 1. The van der Waals surface area contributed by atoms with E-state index in [0.29, 0.717) is 26.1 Å². The van der Waals surface area contributed by atoms with Crippen LogP contribution in [0.1, 0.15) is 68.8 Å². The largest absolute Gasteiger partial charge is 0.507 e. The summed E-state index contributed by atoms with van der Waals surface area (Å²) in [4.78, 5) is 43.5. The van der Waals surface area contributed by atoms with Crippen LogP contribution in [0.15, 0.2) is 18.2 Å². The molecule has 0 spiro atoms. The number of methoxy groups -OCH3 is 2. The highest BCUT2D eigenvalue weighted by Crippen LogP contribution is 2.53. The predicted molar refractivity (Wildman–Crippen MR) is 169 cm³/mol. The molecule has 5 aliphatic rings. The van der Waals surface area contributed by atoms with Gasteiger partial charge in [-0.3, -0.25) is 19.3 Å². The minimum atomic E-state index is -2.12. The van der Waals surface area contributed by atoms with Gasteiger partial charge in [-0.15, -0.1) is 0 Å². The summed E-state index contributed by atoms with van der Waals surface area (Å²) in [6.45, 7) is 3.52. The zero-order valence-electron chi connectivity index (χ0n) is 27.7. The van der Waals surface area contributed by atoms with Gasteiger partial charge in [-0.25, -0.2) is 0 Å². The number of likely N-dealkylation sites (N-methyl/N-ethyl adjacent to an activating group) is 1. The first-order valence-electron chi connectivity index (χ1n) is 16.4. The number of nitrogens with one attached hydrogen (secondary N) is 2. The molecule has 15 nitrogen and oxygen atoms in total. The number of aliphatic hydroxyl groups is 1. The smallest absolute Gasteiger partial charge is 0.252 e. The second-order valence-electron chi connectivity index (χ2n) is 13.1. The van der Waals surface area contributed by atoms with E-state index in [-0.39, 0.29) is 53.1 Å². The maximum Gasteiger partial charge on any atom is 0.252 e. The highest BCUT2D eigenvalue weighted by atomic mass is 16.7. The number of rotatable bonds is 8. The van der Waals surface area contributed by atoms with Gasteiger partial charge in [0.15, 0.2) is 24.6 Å². The Morgan fingerprint density at radius 3 is 2.59 bits per heavy atom. The first kappa shape index (κ1) is 33.8. The molecule has 3 fully saturated rings. The lowest BCUT2D eigenvalue weighted by atomic mass is 9.72. The van der Waals surface area contributed by atoms with Gasteiger partial charge in [-0.2, -0.15) is 0 Å². The van der Waals surface area contributed by atoms with Crippen molar-refractivity contribution in [1.29, 1.82) is 0 Å². The number of nitrogens with zero attached hydrogens (tertiary/aromatic N) is 1. The summed E-state index contributed by atoms with van der Waals surface area (Å²) in [7, 11) is 4.63. The Morgan fingerprint density at radius 1 is 1.08 bits per heavy atom. The minimum absolute atomic E-state index is 0.00630. The minimum Gasteiger partial charge on any atom is -0.507 e. The Morgan fingerprint density at radius 2 is 1.86 bits per heavy atom. The van der Waals surface area contributed by atoms with E-state index in [0.717, 1.165) is 0 Å². The zero-order valence-corrected chi connectivity index (χ0v) is 27.7. The maximum absolute atomic E-state index is 14.0. The number of carbonyl (C=O) groups is 3. The number of aromatic hydroxyl groups is 2. The topological polar surface area (TPSA) is 195 Å². The van der Waals surface area contributed by atoms with Gasteiger partial charge in [0.25, 0.3) is 5.91 Å². The highest BCUT2D eigenvalue weighted by Gasteiger charge is 2.55. The molecule has 1 amide bonds. The maximum atomic E-state index is 14.0. The molecule has 0 bridgehead atoms. The SMILES string of the molecule is CNCCNC(=O)[C@]1(O)Cc2c(O)c3c(c(O)c2[C@@H](OC2CC4C(OC5C(OC)OCCN45)C(C)O2)C1)C(=O)c1c(OC)cccc1C3=O. The fourth-order valence-corrected chi connectivity index (χ4v) is 7.97. The number of ether oxygens (including phenoxy) is 6. The van der Waals surface area contributed by atoms with E-state index in [2.05, 4.69) is 15.5 Å². The normalized spacial score (nSPS) is 32.1. The number of morpholine rings is 1. The Labute approximate surface area is 282 Å². The van der Waals surface area contributed by atoms with Gasteiger partial charge < -0.3 is 54.4 Å². The van der Waals surface area contributed by atoms with Crippen molar-refractivity contribution >= 4 is 17.5 Å². The van der Waals surface area contributed by atoms with Crippen LogP contribution in [-0.4, -0.2) is 128 Å². The standard InChI is InChI=1S/C34H41N3O12/c1-15-30-18(37-10-11-46-32(45-4)31(37)49-30)12-21(47-15)48-20-14-34(43,33(42)36-9-8-35-2)13-17-23(20)29(41)25-24(27(17)39)26(38)16-6-5-7-19(44-3)22(16)28(25)40/h5-7,15,18,20-21,30-32,35,39,41,43H,8-14H2,1-4H3,(H,36,42)/t15?,18?,20-,21?,30?,31?,32?,34-/m0/s1. The van der Waals surface area contributed by atoms with E-state index in [9.17, 15) is 29.7 Å². The van der Waals surface area contributed by atoms with Crippen molar-refractivity contribution in [3.05, 3.63) is 51.6 Å². The van der Waals surface area contributed by atoms with Crippen molar-refractivity contribution in [3.63, 3.8) is 0 Å². The molecule has 0 aromatic heterocycles. The molecule has 2 aromatic rings. The third kappa shape index (κ3) is 5.40. The van der Waals surface area contributed by atoms with Crippen LogP contribution in [0.25, 0.3) is 0 Å². The fourth-order valence-electron chi connectivity index (χ4n) is 7.97. The molecule has 3 heterocycles.